The third kappa shape index (κ3) is 6.59. The lowest BCUT2D eigenvalue weighted by Crippen LogP contribution is -1.84. The predicted molar refractivity (Wildman–Crippen MR) is 111 cm³/mol. The van der Waals surface area contributed by atoms with Gasteiger partial charge in [-0.2, -0.15) is 0 Å². The quantitative estimate of drug-likeness (QED) is 0.578. The number of benzene rings is 3. The molecule has 0 radical (unpaired) electrons. The molecule has 0 amide bonds. The third-order valence-electron chi connectivity index (χ3n) is 3.81. The molecule has 4 nitrogen and oxygen atoms in total. The maximum Gasteiger partial charge on any atom is 0.119 e. The zero-order valence-corrected chi connectivity index (χ0v) is 15.6. The van der Waals surface area contributed by atoms with Crippen molar-refractivity contribution < 1.29 is 18.9 Å². The van der Waals surface area contributed by atoms with E-state index in [1.807, 2.05) is 72.8 Å². The van der Waals surface area contributed by atoms with E-state index in [0.29, 0.717) is 0 Å². The molecule has 0 saturated carbocycles. The van der Waals surface area contributed by atoms with Crippen molar-refractivity contribution in [2.75, 3.05) is 28.4 Å². The van der Waals surface area contributed by atoms with Gasteiger partial charge in [0.2, 0.25) is 0 Å². The highest BCUT2D eigenvalue weighted by molar-refractivity contribution is 5.64. The van der Waals surface area contributed by atoms with Gasteiger partial charge in [0.25, 0.3) is 0 Å². The summed E-state index contributed by atoms with van der Waals surface area (Å²) in [6, 6.07) is 23.4. The van der Waals surface area contributed by atoms with Crippen LogP contribution in [0.2, 0.25) is 0 Å². The predicted octanol–water partition coefficient (Wildman–Crippen LogP) is 5.71. The SMILES string of the molecule is C.COc1ccc(-c2ccc(OC)cc2)cc1.COc1ccc(OC)cc1. The van der Waals surface area contributed by atoms with Gasteiger partial charge in [-0.3, -0.25) is 0 Å². The van der Waals surface area contributed by atoms with Gasteiger partial charge in [-0.05, 0) is 59.7 Å². The van der Waals surface area contributed by atoms with Crippen molar-refractivity contribution in [3.63, 3.8) is 0 Å². The normalized spacial score (nSPS) is 9.19. The van der Waals surface area contributed by atoms with Crippen molar-refractivity contribution in [2.24, 2.45) is 0 Å². The second-order valence-electron chi connectivity index (χ2n) is 5.34. The van der Waals surface area contributed by atoms with Gasteiger partial charge in [0.1, 0.15) is 23.0 Å². The van der Waals surface area contributed by atoms with Gasteiger partial charge in [0.15, 0.2) is 0 Å². The van der Waals surface area contributed by atoms with Crippen LogP contribution < -0.4 is 18.9 Å². The molecule has 3 aromatic carbocycles. The summed E-state index contributed by atoms with van der Waals surface area (Å²) in [6.07, 6.45) is 0. The van der Waals surface area contributed by atoms with Crippen molar-refractivity contribution in [3.05, 3.63) is 72.8 Å². The van der Waals surface area contributed by atoms with Crippen molar-refractivity contribution in [1.82, 2.24) is 0 Å². The molecule has 0 bridgehead atoms. The van der Waals surface area contributed by atoms with E-state index in [1.54, 1.807) is 28.4 Å². The molecule has 0 fully saturated rings. The second-order valence-corrected chi connectivity index (χ2v) is 5.34. The minimum Gasteiger partial charge on any atom is -0.497 e. The van der Waals surface area contributed by atoms with Crippen LogP contribution >= 0.6 is 0 Å². The van der Waals surface area contributed by atoms with Crippen LogP contribution in [0, 0.1) is 0 Å². The molecule has 0 heterocycles. The summed E-state index contributed by atoms with van der Waals surface area (Å²) in [4.78, 5) is 0. The highest BCUT2D eigenvalue weighted by atomic mass is 16.5. The first-order valence-electron chi connectivity index (χ1n) is 8.16. The number of hydrogen-bond donors (Lipinski definition) is 0. The first kappa shape index (κ1) is 21.9. The summed E-state index contributed by atoms with van der Waals surface area (Å²) in [7, 11) is 6.62. The number of hydrogen-bond acceptors (Lipinski definition) is 4. The first-order valence-corrected chi connectivity index (χ1v) is 8.16. The zero-order chi connectivity index (χ0) is 18.8. The van der Waals surface area contributed by atoms with Crippen LogP contribution in [0.4, 0.5) is 0 Å². The highest BCUT2D eigenvalue weighted by Gasteiger charge is 1.98. The Hall–Kier alpha value is -3.14. The molecule has 0 aliphatic carbocycles. The molecule has 4 heteroatoms. The Labute approximate surface area is 162 Å². The van der Waals surface area contributed by atoms with Gasteiger partial charge >= 0.3 is 0 Å². The molecule has 0 N–H and O–H groups in total. The van der Waals surface area contributed by atoms with Gasteiger partial charge in [-0.15, -0.1) is 0 Å². The summed E-state index contributed by atoms with van der Waals surface area (Å²) in [5.41, 5.74) is 2.34. The van der Waals surface area contributed by atoms with Crippen LogP contribution in [0.1, 0.15) is 7.43 Å². The monoisotopic (exact) mass is 368 g/mol. The fraction of sp³-hybridized carbons (Fsp3) is 0.217. The smallest absolute Gasteiger partial charge is 0.119 e. The topological polar surface area (TPSA) is 36.9 Å². The summed E-state index contributed by atoms with van der Waals surface area (Å²) in [5.74, 6) is 3.44. The standard InChI is InChI=1S/C14H14O2.C8H10O2.CH4/c1-15-13-7-3-11(4-8-13)12-5-9-14(16-2)10-6-12;1-9-7-3-5-8(10-2)6-4-7;/h3-10H,1-2H3;3-6H,1-2H3;1H4. The van der Waals surface area contributed by atoms with Crippen LogP contribution in [0.5, 0.6) is 23.0 Å². The van der Waals surface area contributed by atoms with E-state index in [2.05, 4.69) is 0 Å². The molecule has 0 unspecified atom stereocenters. The van der Waals surface area contributed by atoms with Gasteiger partial charge in [-0.1, -0.05) is 31.7 Å². The second kappa shape index (κ2) is 11.5. The highest BCUT2D eigenvalue weighted by Crippen LogP contribution is 2.24. The Bertz CT molecular complexity index is 694. The molecular formula is C23H28O4. The fourth-order valence-corrected chi connectivity index (χ4v) is 2.28. The minimum atomic E-state index is 0. The van der Waals surface area contributed by atoms with E-state index in [1.165, 1.54) is 11.1 Å². The number of methoxy groups -OCH3 is 4. The molecule has 3 rings (SSSR count). The van der Waals surface area contributed by atoms with Crippen molar-refractivity contribution >= 4 is 0 Å². The van der Waals surface area contributed by atoms with Crippen LogP contribution in [-0.2, 0) is 0 Å². The largest absolute Gasteiger partial charge is 0.497 e. The first-order chi connectivity index (χ1) is 12.7. The average Bonchev–Trinajstić information content (AvgIpc) is 2.74. The van der Waals surface area contributed by atoms with Gasteiger partial charge in [0, 0.05) is 0 Å². The van der Waals surface area contributed by atoms with E-state index in [-0.39, 0.29) is 7.43 Å². The Morgan fingerprint density at radius 2 is 0.556 bits per heavy atom. The maximum absolute atomic E-state index is 5.12. The molecule has 0 spiro atoms. The molecule has 27 heavy (non-hydrogen) atoms. The molecular weight excluding hydrogens is 340 g/mol. The molecule has 0 aliphatic heterocycles. The average molecular weight is 368 g/mol. The summed E-state index contributed by atoms with van der Waals surface area (Å²) < 4.78 is 20.2. The summed E-state index contributed by atoms with van der Waals surface area (Å²) in [6.45, 7) is 0. The van der Waals surface area contributed by atoms with Gasteiger partial charge < -0.3 is 18.9 Å². The minimum absolute atomic E-state index is 0. The number of rotatable bonds is 5. The Morgan fingerprint density at radius 1 is 0.370 bits per heavy atom. The van der Waals surface area contributed by atoms with Crippen LogP contribution in [0.15, 0.2) is 72.8 Å². The molecule has 0 aromatic heterocycles. The number of ether oxygens (including phenoxy) is 4. The molecule has 144 valence electrons. The zero-order valence-electron chi connectivity index (χ0n) is 15.6. The molecule has 3 aromatic rings. The van der Waals surface area contributed by atoms with E-state index < -0.39 is 0 Å². The lowest BCUT2D eigenvalue weighted by atomic mass is 10.1. The lowest BCUT2D eigenvalue weighted by molar-refractivity contribution is 0.403. The lowest BCUT2D eigenvalue weighted by Gasteiger charge is -2.05. The summed E-state index contributed by atoms with van der Waals surface area (Å²) >= 11 is 0. The van der Waals surface area contributed by atoms with Crippen molar-refractivity contribution in [2.45, 2.75) is 7.43 Å². The third-order valence-corrected chi connectivity index (χ3v) is 3.81. The summed E-state index contributed by atoms with van der Waals surface area (Å²) in [5, 5.41) is 0. The van der Waals surface area contributed by atoms with Gasteiger partial charge in [0.05, 0.1) is 28.4 Å². The van der Waals surface area contributed by atoms with Crippen molar-refractivity contribution in [1.29, 1.82) is 0 Å². The van der Waals surface area contributed by atoms with Crippen LogP contribution in [-0.4, -0.2) is 28.4 Å². The molecule has 0 saturated heterocycles. The fourth-order valence-electron chi connectivity index (χ4n) is 2.28. The Kier molecular flexibility index (Phi) is 9.30. The van der Waals surface area contributed by atoms with E-state index in [0.717, 1.165) is 23.0 Å². The molecule has 0 atom stereocenters. The van der Waals surface area contributed by atoms with E-state index in [9.17, 15) is 0 Å². The van der Waals surface area contributed by atoms with Crippen LogP contribution in [0.25, 0.3) is 11.1 Å². The van der Waals surface area contributed by atoms with Crippen molar-refractivity contribution in [3.8, 4) is 34.1 Å². The van der Waals surface area contributed by atoms with Crippen LogP contribution in [0.3, 0.4) is 0 Å². The Morgan fingerprint density at radius 3 is 0.741 bits per heavy atom. The Balaban J connectivity index is 0.000000288. The van der Waals surface area contributed by atoms with E-state index in [4.69, 9.17) is 18.9 Å². The maximum atomic E-state index is 5.12. The van der Waals surface area contributed by atoms with E-state index >= 15 is 0 Å². The molecule has 0 aliphatic rings. The van der Waals surface area contributed by atoms with Gasteiger partial charge in [-0.25, -0.2) is 0 Å².